The Morgan fingerprint density at radius 1 is 0.410 bits per heavy atom. The molecule has 1 rings (SSSR count). The molecule has 0 spiro atoms. The third kappa shape index (κ3) is 25.5. The van der Waals surface area contributed by atoms with Crippen molar-refractivity contribution in [2.24, 2.45) is 0 Å². The van der Waals surface area contributed by atoms with E-state index in [0.717, 1.165) is 0 Å². The van der Waals surface area contributed by atoms with E-state index in [0.29, 0.717) is 0 Å². The summed E-state index contributed by atoms with van der Waals surface area (Å²) in [7, 11) is 0. The van der Waals surface area contributed by atoms with E-state index in [4.69, 9.17) is 0 Å². The van der Waals surface area contributed by atoms with Crippen LogP contribution in [-0.4, -0.2) is 18.0 Å². The van der Waals surface area contributed by atoms with Crippen molar-refractivity contribution in [3.05, 3.63) is 42.1 Å². The van der Waals surface area contributed by atoms with E-state index in [1.54, 1.807) is 0 Å². The van der Waals surface area contributed by atoms with Crippen LogP contribution in [0.5, 0.6) is 0 Å². The average molecular weight is 540 g/mol. The van der Waals surface area contributed by atoms with Gasteiger partial charge in [0.1, 0.15) is 0 Å². The SMILES string of the molecule is CCCCCCCCCCCCCCCN(C=Cc1ccccc1)CCCCCCCCCCCCCCC. The summed E-state index contributed by atoms with van der Waals surface area (Å²) in [5, 5.41) is 0. The Morgan fingerprint density at radius 2 is 0.718 bits per heavy atom. The van der Waals surface area contributed by atoms with Crippen molar-refractivity contribution in [3.63, 3.8) is 0 Å². The van der Waals surface area contributed by atoms with Gasteiger partial charge in [-0.15, -0.1) is 0 Å². The molecule has 0 unspecified atom stereocenters. The van der Waals surface area contributed by atoms with E-state index in [-0.39, 0.29) is 0 Å². The van der Waals surface area contributed by atoms with E-state index in [9.17, 15) is 0 Å². The van der Waals surface area contributed by atoms with E-state index >= 15 is 0 Å². The summed E-state index contributed by atoms with van der Waals surface area (Å²) in [6.45, 7) is 7.05. The third-order valence-corrected chi connectivity index (χ3v) is 8.38. The van der Waals surface area contributed by atoms with Crippen molar-refractivity contribution in [3.8, 4) is 0 Å². The van der Waals surface area contributed by atoms with Crippen LogP contribution in [0.15, 0.2) is 36.5 Å². The minimum Gasteiger partial charge on any atom is -0.377 e. The van der Waals surface area contributed by atoms with Crippen LogP contribution in [-0.2, 0) is 0 Å². The minimum absolute atomic E-state index is 1.22. The van der Waals surface area contributed by atoms with Crippen LogP contribution in [0.2, 0.25) is 0 Å². The highest BCUT2D eigenvalue weighted by Crippen LogP contribution is 2.15. The first-order valence-electron chi connectivity index (χ1n) is 17.8. The van der Waals surface area contributed by atoms with Gasteiger partial charge in [-0.3, -0.25) is 0 Å². The predicted octanol–water partition coefficient (Wildman–Crippen LogP) is 13.1. The first-order valence-corrected chi connectivity index (χ1v) is 17.8. The van der Waals surface area contributed by atoms with E-state index < -0.39 is 0 Å². The Labute approximate surface area is 246 Å². The summed E-state index contributed by atoms with van der Waals surface area (Å²) in [5.74, 6) is 0. The number of rotatable bonds is 30. The molecule has 0 radical (unpaired) electrons. The summed E-state index contributed by atoms with van der Waals surface area (Å²) in [6, 6.07) is 10.8. The molecule has 0 saturated heterocycles. The molecule has 39 heavy (non-hydrogen) atoms. The summed E-state index contributed by atoms with van der Waals surface area (Å²) in [5.41, 5.74) is 1.32. The number of unbranched alkanes of at least 4 members (excludes halogenated alkanes) is 24. The van der Waals surface area contributed by atoms with E-state index in [1.165, 1.54) is 186 Å². The van der Waals surface area contributed by atoms with Gasteiger partial charge in [0, 0.05) is 13.1 Å². The van der Waals surface area contributed by atoms with Gasteiger partial charge in [0.15, 0.2) is 0 Å². The monoisotopic (exact) mass is 540 g/mol. The zero-order chi connectivity index (χ0) is 27.9. The van der Waals surface area contributed by atoms with Crippen LogP contribution in [0.25, 0.3) is 6.08 Å². The molecule has 1 aromatic rings. The lowest BCUT2D eigenvalue weighted by atomic mass is 10.0. The molecule has 0 atom stereocenters. The molecule has 0 N–H and O–H groups in total. The zero-order valence-electron chi connectivity index (χ0n) is 26.8. The Hall–Kier alpha value is -1.24. The van der Waals surface area contributed by atoms with Crippen molar-refractivity contribution in [2.45, 2.75) is 181 Å². The standard InChI is InChI=1S/C38H69N/c1-3-5-7-9-11-13-15-17-19-21-23-25-30-35-39(37-34-38-32-28-27-29-33-38)36-31-26-24-22-20-18-16-14-12-10-8-6-4-2/h27-29,32-34,37H,3-26,30-31,35-36H2,1-2H3. The molecule has 1 heteroatoms. The van der Waals surface area contributed by atoms with E-state index in [1.807, 2.05) is 0 Å². The topological polar surface area (TPSA) is 3.24 Å². The van der Waals surface area contributed by atoms with Crippen LogP contribution in [0.4, 0.5) is 0 Å². The molecule has 0 bridgehead atoms. The molecule has 0 amide bonds. The molecular weight excluding hydrogens is 470 g/mol. The smallest absolute Gasteiger partial charge is 0.0172 e. The maximum Gasteiger partial charge on any atom is 0.0172 e. The lowest BCUT2D eigenvalue weighted by Crippen LogP contribution is -2.20. The number of nitrogens with zero attached hydrogens (tertiary/aromatic N) is 1. The maximum absolute atomic E-state index is 2.60. The van der Waals surface area contributed by atoms with Gasteiger partial charge in [-0.05, 0) is 30.7 Å². The Morgan fingerprint density at radius 3 is 1.05 bits per heavy atom. The van der Waals surface area contributed by atoms with Crippen molar-refractivity contribution in [1.29, 1.82) is 0 Å². The van der Waals surface area contributed by atoms with Crippen molar-refractivity contribution in [1.82, 2.24) is 4.90 Å². The Balaban J connectivity index is 2.09. The first kappa shape index (κ1) is 35.8. The van der Waals surface area contributed by atoms with Gasteiger partial charge < -0.3 is 4.90 Å². The van der Waals surface area contributed by atoms with Crippen LogP contribution in [0.1, 0.15) is 186 Å². The summed E-state index contributed by atoms with van der Waals surface area (Å²) >= 11 is 0. The molecule has 1 nitrogen and oxygen atoms in total. The largest absolute Gasteiger partial charge is 0.377 e. The molecule has 0 heterocycles. The molecule has 226 valence electrons. The quantitative estimate of drug-likeness (QED) is 0.0878. The lowest BCUT2D eigenvalue weighted by Gasteiger charge is -2.20. The molecular formula is C38H69N. The van der Waals surface area contributed by atoms with Crippen LogP contribution in [0.3, 0.4) is 0 Å². The molecule has 1 aromatic carbocycles. The highest BCUT2D eigenvalue weighted by molar-refractivity contribution is 5.48. The Bertz CT molecular complexity index is 576. The average Bonchev–Trinajstić information content (AvgIpc) is 2.96. The normalized spacial score (nSPS) is 11.5. The second-order valence-electron chi connectivity index (χ2n) is 12.2. The van der Waals surface area contributed by atoms with Gasteiger partial charge in [0.25, 0.3) is 0 Å². The van der Waals surface area contributed by atoms with Gasteiger partial charge in [-0.1, -0.05) is 198 Å². The second-order valence-corrected chi connectivity index (χ2v) is 12.2. The molecule has 0 aliphatic carbocycles. The number of hydrogen-bond donors (Lipinski definition) is 0. The van der Waals surface area contributed by atoms with Gasteiger partial charge in [-0.2, -0.15) is 0 Å². The molecule has 0 saturated carbocycles. The fourth-order valence-electron chi connectivity index (χ4n) is 5.68. The fraction of sp³-hybridized carbons (Fsp3) is 0.789. The Kier molecular flexibility index (Phi) is 27.3. The van der Waals surface area contributed by atoms with Crippen LogP contribution < -0.4 is 0 Å². The maximum atomic E-state index is 2.60. The van der Waals surface area contributed by atoms with Crippen LogP contribution >= 0.6 is 0 Å². The zero-order valence-corrected chi connectivity index (χ0v) is 26.8. The molecule has 0 fully saturated rings. The van der Waals surface area contributed by atoms with Gasteiger partial charge >= 0.3 is 0 Å². The highest BCUT2D eigenvalue weighted by Gasteiger charge is 2.01. The minimum atomic E-state index is 1.22. The predicted molar refractivity (Wildman–Crippen MR) is 178 cm³/mol. The number of hydrogen-bond acceptors (Lipinski definition) is 1. The molecule has 0 aliphatic rings. The summed E-state index contributed by atoms with van der Waals surface area (Å²) in [6.07, 6.45) is 41.9. The van der Waals surface area contributed by atoms with Crippen LogP contribution in [0, 0.1) is 0 Å². The van der Waals surface area contributed by atoms with Crippen molar-refractivity contribution >= 4 is 6.08 Å². The number of benzene rings is 1. The lowest BCUT2D eigenvalue weighted by molar-refractivity contribution is 0.351. The summed E-state index contributed by atoms with van der Waals surface area (Å²) in [4.78, 5) is 2.60. The van der Waals surface area contributed by atoms with Crippen molar-refractivity contribution < 1.29 is 0 Å². The van der Waals surface area contributed by atoms with Crippen molar-refractivity contribution in [2.75, 3.05) is 13.1 Å². The summed E-state index contributed by atoms with van der Waals surface area (Å²) < 4.78 is 0. The molecule has 0 aromatic heterocycles. The fourth-order valence-corrected chi connectivity index (χ4v) is 5.68. The van der Waals surface area contributed by atoms with E-state index in [2.05, 4.69) is 61.4 Å². The van der Waals surface area contributed by atoms with Gasteiger partial charge in [-0.25, -0.2) is 0 Å². The van der Waals surface area contributed by atoms with Gasteiger partial charge in [0.05, 0.1) is 0 Å². The molecule has 0 aliphatic heterocycles. The highest BCUT2D eigenvalue weighted by atomic mass is 15.1. The van der Waals surface area contributed by atoms with Gasteiger partial charge in [0.2, 0.25) is 0 Å². The first-order chi connectivity index (χ1) is 19.4. The second kappa shape index (κ2) is 29.7. The third-order valence-electron chi connectivity index (χ3n) is 8.38.